The third-order valence-electron chi connectivity index (χ3n) is 1.96. The number of halogens is 1. The fourth-order valence-corrected chi connectivity index (χ4v) is 1.22. The Hall–Kier alpha value is -1.44. The van der Waals surface area contributed by atoms with Gasteiger partial charge in [-0.3, -0.25) is 16.3 Å². The summed E-state index contributed by atoms with van der Waals surface area (Å²) < 4.78 is 13.2. The molecule has 0 fully saturated rings. The van der Waals surface area contributed by atoms with Crippen LogP contribution in [0.25, 0.3) is 0 Å². The molecular weight excluding hydrogens is 181 g/mol. The van der Waals surface area contributed by atoms with Crippen LogP contribution >= 0.6 is 0 Å². The molecule has 1 rings (SSSR count). The number of nitrogens with two attached hydrogens (primary N) is 1. The number of hydrazine groups is 1. The smallest absolute Gasteiger partial charge is 0.146 e. The number of nitrogens with zero attached hydrogens (tertiary/aromatic N) is 1. The van der Waals surface area contributed by atoms with Gasteiger partial charge in [0.1, 0.15) is 5.82 Å². The van der Waals surface area contributed by atoms with E-state index in [2.05, 4.69) is 16.3 Å². The summed E-state index contributed by atoms with van der Waals surface area (Å²) in [5, 5.41) is 0. The van der Waals surface area contributed by atoms with Gasteiger partial charge in [-0.2, -0.15) is 0 Å². The van der Waals surface area contributed by atoms with Gasteiger partial charge in [-0.15, -0.1) is 12.3 Å². The van der Waals surface area contributed by atoms with Gasteiger partial charge in [0.25, 0.3) is 0 Å². The number of hydrogen-bond donors (Lipinski definition) is 2. The number of rotatable bonds is 4. The van der Waals surface area contributed by atoms with Crippen LogP contribution in [0.2, 0.25) is 0 Å². The highest BCUT2D eigenvalue weighted by Crippen LogP contribution is 2.19. The van der Waals surface area contributed by atoms with Crippen molar-refractivity contribution in [2.45, 2.75) is 18.9 Å². The van der Waals surface area contributed by atoms with Gasteiger partial charge >= 0.3 is 0 Å². The predicted molar refractivity (Wildman–Crippen MR) is 52.3 cm³/mol. The van der Waals surface area contributed by atoms with Crippen molar-refractivity contribution in [2.24, 2.45) is 5.84 Å². The molecule has 0 bridgehead atoms. The van der Waals surface area contributed by atoms with Gasteiger partial charge in [-0.05, 0) is 12.5 Å². The van der Waals surface area contributed by atoms with Crippen LogP contribution in [-0.4, -0.2) is 4.98 Å². The SMILES string of the molecule is C#CCCC(NN)c1ccncc1F. The minimum absolute atomic E-state index is 0.256. The summed E-state index contributed by atoms with van der Waals surface area (Å²) in [7, 11) is 0. The Balaban J connectivity index is 2.79. The molecule has 14 heavy (non-hydrogen) atoms. The van der Waals surface area contributed by atoms with Crippen molar-refractivity contribution < 1.29 is 4.39 Å². The van der Waals surface area contributed by atoms with E-state index in [0.717, 1.165) is 6.20 Å². The monoisotopic (exact) mass is 193 g/mol. The minimum atomic E-state index is -0.368. The first kappa shape index (κ1) is 10.6. The molecule has 1 atom stereocenters. The Morgan fingerprint density at radius 1 is 1.71 bits per heavy atom. The average molecular weight is 193 g/mol. The van der Waals surface area contributed by atoms with E-state index in [1.54, 1.807) is 6.07 Å². The lowest BCUT2D eigenvalue weighted by atomic mass is 10.0. The lowest BCUT2D eigenvalue weighted by Gasteiger charge is -2.14. The molecule has 0 amide bonds. The average Bonchev–Trinajstić information content (AvgIpc) is 2.21. The van der Waals surface area contributed by atoms with E-state index in [9.17, 15) is 4.39 Å². The third kappa shape index (κ3) is 2.52. The molecule has 0 saturated heterocycles. The largest absolute Gasteiger partial charge is 0.271 e. The molecule has 3 N–H and O–H groups in total. The number of hydrogen-bond acceptors (Lipinski definition) is 3. The highest BCUT2D eigenvalue weighted by atomic mass is 19.1. The van der Waals surface area contributed by atoms with Crippen molar-refractivity contribution in [3.8, 4) is 12.3 Å². The highest BCUT2D eigenvalue weighted by molar-refractivity contribution is 5.17. The quantitative estimate of drug-likeness (QED) is 0.428. The third-order valence-corrected chi connectivity index (χ3v) is 1.96. The summed E-state index contributed by atoms with van der Waals surface area (Å²) in [6.45, 7) is 0. The van der Waals surface area contributed by atoms with Crippen molar-refractivity contribution in [3.63, 3.8) is 0 Å². The molecule has 1 aromatic rings. The van der Waals surface area contributed by atoms with E-state index in [1.165, 1.54) is 6.20 Å². The summed E-state index contributed by atoms with van der Waals surface area (Å²) >= 11 is 0. The normalized spacial score (nSPS) is 12.1. The van der Waals surface area contributed by atoms with Gasteiger partial charge in [0.15, 0.2) is 0 Å². The molecule has 0 aliphatic heterocycles. The second kappa shape index (κ2) is 5.32. The summed E-state index contributed by atoms with van der Waals surface area (Å²) in [5.41, 5.74) is 3.03. The maximum atomic E-state index is 13.2. The lowest BCUT2D eigenvalue weighted by Crippen LogP contribution is -2.28. The zero-order chi connectivity index (χ0) is 10.4. The molecule has 0 spiro atoms. The summed E-state index contributed by atoms with van der Waals surface area (Å²) in [5.74, 6) is 7.43. The van der Waals surface area contributed by atoms with Crippen LogP contribution in [0.3, 0.4) is 0 Å². The summed E-state index contributed by atoms with van der Waals surface area (Å²) in [6, 6.07) is 1.34. The van der Waals surface area contributed by atoms with Crippen molar-refractivity contribution in [1.29, 1.82) is 0 Å². The topological polar surface area (TPSA) is 50.9 Å². The number of pyridine rings is 1. The van der Waals surface area contributed by atoms with E-state index < -0.39 is 0 Å². The summed E-state index contributed by atoms with van der Waals surface area (Å²) in [6.07, 6.45) is 8.97. The molecule has 1 heterocycles. The molecular formula is C10H12FN3. The molecule has 74 valence electrons. The van der Waals surface area contributed by atoms with Crippen LogP contribution in [0.5, 0.6) is 0 Å². The molecule has 4 heteroatoms. The first-order valence-electron chi connectivity index (χ1n) is 4.28. The Labute approximate surface area is 82.5 Å². The number of terminal acetylenes is 1. The van der Waals surface area contributed by atoms with Gasteiger partial charge in [-0.25, -0.2) is 4.39 Å². The van der Waals surface area contributed by atoms with Gasteiger partial charge in [0.2, 0.25) is 0 Å². The molecule has 1 unspecified atom stereocenters. The van der Waals surface area contributed by atoms with E-state index in [0.29, 0.717) is 18.4 Å². The van der Waals surface area contributed by atoms with Crippen LogP contribution in [0, 0.1) is 18.2 Å². The standard InChI is InChI=1S/C10H12FN3/c1-2-3-4-10(14-12)8-5-6-13-7-9(8)11/h1,5-7,10,14H,3-4,12H2. The number of nitrogens with one attached hydrogen (secondary N) is 1. The molecule has 0 aromatic carbocycles. The van der Waals surface area contributed by atoms with Crippen molar-refractivity contribution in [1.82, 2.24) is 10.4 Å². The van der Waals surface area contributed by atoms with Crippen molar-refractivity contribution in [2.75, 3.05) is 0 Å². The second-order valence-electron chi connectivity index (χ2n) is 2.86. The van der Waals surface area contributed by atoms with Crippen molar-refractivity contribution in [3.05, 3.63) is 29.8 Å². The summed E-state index contributed by atoms with van der Waals surface area (Å²) in [4.78, 5) is 3.66. The van der Waals surface area contributed by atoms with Gasteiger partial charge in [0.05, 0.1) is 6.20 Å². The molecule has 1 aromatic heterocycles. The van der Waals surface area contributed by atoms with E-state index in [4.69, 9.17) is 12.3 Å². The number of aromatic nitrogens is 1. The Kier molecular flexibility index (Phi) is 4.05. The first-order valence-corrected chi connectivity index (χ1v) is 4.28. The molecule has 3 nitrogen and oxygen atoms in total. The second-order valence-corrected chi connectivity index (χ2v) is 2.86. The zero-order valence-electron chi connectivity index (χ0n) is 7.70. The fourth-order valence-electron chi connectivity index (χ4n) is 1.22. The van der Waals surface area contributed by atoms with E-state index in [-0.39, 0.29) is 11.9 Å². The fraction of sp³-hybridized carbons (Fsp3) is 0.300. The Morgan fingerprint density at radius 3 is 3.07 bits per heavy atom. The molecule has 0 aliphatic carbocycles. The maximum absolute atomic E-state index is 13.2. The Morgan fingerprint density at radius 2 is 2.50 bits per heavy atom. The predicted octanol–water partition coefficient (Wildman–Crippen LogP) is 1.14. The van der Waals surface area contributed by atoms with E-state index >= 15 is 0 Å². The van der Waals surface area contributed by atoms with Crippen LogP contribution in [-0.2, 0) is 0 Å². The molecule has 0 saturated carbocycles. The lowest BCUT2D eigenvalue weighted by molar-refractivity contribution is 0.488. The maximum Gasteiger partial charge on any atom is 0.146 e. The molecule has 0 radical (unpaired) electrons. The minimum Gasteiger partial charge on any atom is -0.271 e. The Bertz CT molecular complexity index is 332. The van der Waals surface area contributed by atoms with Crippen LogP contribution in [0.1, 0.15) is 24.4 Å². The van der Waals surface area contributed by atoms with Crippen LogP contribution in [0.15, 0.2) is 18.5 Å². The molecule has 0 aliphatic rings. The van der Waals surface area contributed by atoms with Crippen LogP contribution in [0.4, 0.5) is 4.39 Å². The first-order chi connectivity index (χ1) is 6.79. The highest BCUT2D eigenvalue weighted by Gasteiger charge is 2.12. The van der Waals surface area contributed by atoms with Crippen molar-refractivity contribution >= 4 is 0 Å². The van der Waals surface area contributed by atoms with Crippen LogP contribution < -0.4 is 11.3 Å². The zero-order valence-corrected chi connectivity index (χ0v) is 7.70. The van der Waals surface area contributed by atoms with Gasteiger partial charge in [0, 0.05) is 24.2 Å². The van der Waals surface area contributed by atoms with E-state index in [1.807, 2.05) is 0 Å². The van der Waals surface area contributed by atoms with Gasteiger partial charge in [-0.1, -0.05) is 0 Å². The van der Waals surface area contributed by atoms with Gasteiger partial charge < -0.3 is 0 Å².